The number of para-hydroxylation sites is 1. The number of ether oxygens (including phenoxy) is 1. The summed E-state index contributed by atoms with van der Waals surface area (Å²) >= 11 is 3.67. The third kappa shape index (κ3) is 5.36. The molecule has 1 atom stereocenters. The summed E-state index contributed by atoms with van der Waals surface area (Å²) in [6, 6.07) is 18.5. The van der Waals surface area contributed by atoms with Gasteiger partial charge in [-0.25, -0.2) is 0 Å². The Labute approximate surface area is 223 Å². The summed E-state index contributed by atoms with van der Waals surface area (Å²) in [7, 11) is 3.98. The van der Waals surface area contributed by atoms with Crippen LogP contribution in [0.25, 0.3) is 0 Å². The fourth-order valence-corrected chi connectivity index (χ4v) is 5.21. The lowest BCUT2D eigenvalue weighted by molar-refractivity contribution is -0.116. The van der Waals surface area contributed by atoms with Gasteiger partial charge in [-0.3, -0.25) is 4.79 Å². The Bertz CT molecular complexity index is 1200. The van der Waals surface area contributed by atoms with Crippen LogP contribution in [-0.4, -0.2) is 20.0 Å². The van der Waals surface area contributed by atoms with E-state index >= 15 is 0 Å². The highest BCUT2D eigenvalue weighted by Gasteiger charge is 2.33. The normalized spacial score (nSPS) is 14.4. The molecule has 0 radical (unpaired) electrons. The Balaban J connectivity index is 0.00000342. The van der Waals surface area contributed by atoms with Gasteiger partial charge >= 0.3 is 0 Å². The van der Waals surface area contributed by atoms with E-state index in [1.54, 1.807) is 0 Å². The maximum absolute atomic E-state index is 14.2. The molecule has 6 heteroatoms. The van der Waals surface area contributed by atoms with Crippen LogP contribution in [0.2, 0.25) is 0 Å². The number of halogens is 2. The molecule has 4 nitrogen and oxygen atoms in total. The van der Waals surface area contributed by atoms with Crippen molar-refractivity contribution in [1.82, 2.24) is 0 Å². The van der Waals surface area contributed by atoms with Crippen LogP contribution in [-0.2, 0) is 11.4 Å². The minimum atomic E-state index is -0.495. The highest BCUT2D eigenvalue weighted by Crippen LogP contribution is 2.45. The van der Waals surface area contributed by atoms with Gasteiger partial charge in [0, 0.05) is 29.8 Å². The van der Waals surface area contributed by atoms with Crippen molar-refractivity contribution in [2.45, 2.75) is 52.1 Å². The zero-order valence-corrected chi connectivity index (χ0v) is 23.6. The van der Waals surface area contributed by atoms with Gasteiger partial charge in [-0.05, 0) is 46.2 Å². The molecule has 4 rings (SSSR count). The first kappa shape index (κ1) is 27.1. The number of rotatable bonds is 5. The fraction of sp³-hybridized carbons (Fsp3) is 0.345. The minimum absolute atomic E-state index is 0. The summed E-state index contributed by atoms with van der Waals surface area (Å²) in [5.41, 5.74) is 7.07. The lowest BCUT2D eigenvalue weighted by Crippen LogP contribution is -2.24. The molecule has 0 fully saturated rings. The highest BCUT2D eigenvalue weighted by molar-refractivity contribution is 9.10. The molecule has 0 bridgehead atoms. The predicted octanol–water partition coefficient (Wildman–Crippen LogP) is 7.85. The third-order valence-corrected chi connectivity index (χ3v) is 6.93. The van der Waals surface area contributed by atoms with Crippen molar-refractivity contribution in [2.75, 3.05) is 24.3 Å². The van der Waals surface area contributed by atoms with Crippen molar-refractivity contribution >= 4 is 45.6 Å². The molecule has 0 aliphatic carbocycles. The largest absolute Gasteiger partial charge is 0.486 e. The molecule has 1 amide bonds. The van der Waals surface area contributed by atoms with Crippen molar-refractivity contribution in [2.24, 2.45) is 0 Å². The molecule has 0 aromatic heterocycles. The van der Waals surface area contributed by atoms with Crippen LogP contribution in [0.15, 0.2) is 59.1 Å². The third-order valence-electron chi connectivity index (χ3n) is 6.48. The minimum Gasteiger partial charge on any atom is -0.486 e. The number of fused-ring (bicyclic) bond motifs is 2. The molecule has 1 unspecified atom stereocenters. The van der Waals surface area contributed by atoms with E-state index in [9.17, 15) is 4.79 Å². The molecule has 3 aromatic carbocycles. The summed E-state index contributed by atoms with van der Waals surface area (Å²) in [6.45, 7) is 9.09. The predicted molar refractivity (Wildman–Crippen MR) is 152 cm³/mol. The average Bonchev–Trinajstić information content (AvgIpc) is 2.94. The standard InChI is InChI=1S/C29H33BrN2O2.ClH/c1-17(2)21-12-9-13-22(18(3)4)27(21)31-29(33)26-23-11-8-7-10-19(23)16-34-28-24(26)14-20(30)15-25(28)32(5)6;/h7-15,17-18,26H,16H2,1-6H3,(H,31,33);1H. The fourth-order valence-electron chi connectivity index (χ4n) is 4.74. The van der Waals surface area contributed by atoms with Gasteiger partial charge in [0.25, 0.3) is 0 Å². The molecule has 3 aromatic rings. The van der Waals surface area contributed by atoms with Gasteiger partial charge in [-0.15, -0.1) is 12.4 Å². The van der Waals surface area contributed by atoms with E-state index in [2.05, 4.69) is 67.1 Å². The van der Waals surface area contributed by atoms with Crippen LogP contribution in [0.3, 0.4) is 0 Å². The Morgan fingerprint density at radius 1 is 0.971 bits per heavy atom. The number of hydrogen-bond acceptors (Lipinski definition) is 3. The summed E-state index contributed by atoms with van der Waals surface area (Å²) in [4.78, 5) is 16.2. The smallest absolute Gasteiger partial charge is 0.236 e. The molecule has 0 spiro atoms. The lowest BCUT2D eigenvalue weighted by Gasteiger charge is -2.25. The SMILES string of the molecule is CC(C)c1cccc(C(C)C)c1NC(=O)C1c2ccccc2COc2c1cc(Br)cc2N(C)C.Cl. The Hall–Kier alpha value is -2.50. The van der Waals surface area contributed by atoms with Gasteiger partial charge in [0.1, 0.15) is 12.4 Å². The van der Waals surface area contributed by atoms with E-state index in [0.717, 1.165) is 49.4 Å². The van der Waals surface area contributed by atoms with Gasteiger partial charge in [0.15, 0.2) is 0 Å². The molecule has 35 heavy (non-hydrogen) atoms. The van der Waals surface area contributed by atoms with Gasteiger partial charge in [0.2, 0.25) is 5.91 Å². The number of nitrogens with one attached hydrogen (secondary N) is 1. The van der Waals surface area contributed by atoms with Crippen LogP contribution in [0, 0.1) is 0 Å². The molecule has 1 aliphatic heterocycles. The number of amides is 1. The van der Waals surface area contributed by atoms with Gasteiger partial charge < -0.3 is 15.0 Å². The molecule has 1 aliphatic rings. The van der Waals surface area contributed by atoms with Gasteiger partial charge in [-0.1, -0.05) is 86.1 Å². The quantitative estimate of drug-likeness (QED) is 0.347. The van der Waals surface area contributed by atoms with Crippen LogP contribution >= 0.6 is 28.3 Å². The summed E-state index contributed by atoms with van der Waals surface area (Å²) < 4.78 is 7.25. The molecular formula is C29H34BrClN2O2. The second kappa shape index (κ2) is 11.0. The maximum atomic E-state index is 14.2. The Morgan fingerprint density at radius 2 is 1.60 bits per heavy atom. The molecule has 0 saturated heterocycles. The average molecular weight is 558 g/mol. The van der Waals surface area contributed by atoms with Gasteiger partial charge in [0.05, 0.1) is 11.6 Å². The first-order chi connectivity index (χ1) is 16.2. The van der Waals surface area contributed by atoms with Crippen molar-refractivity contribution in [3.63, 3.8) is 0 Å². The molecule has 0 saturated carbocycles. The number of benzene rings is 3. The number of hydrogen-bond donors (Lipinski definition) is 1. The van der Waals surface area contributed by atoms with Crippen LogP contribution < -0.4 is 15.0 Å². The second-order valence-electron chi connectivity index (χ2n) is 9.77. The summed E-state index contributed by atoms with van der Waals surface area (Å²) in [5.74, 6) is 0.800. The maximum Gasteiger partial charge on any atom is 0.236 e. The summed E-state index contributed by atoms with van der Waals surface area (Å²) in [6.07, 6.45) is 0. The Kier molecular flexibility index (Phi) is 8.55. The topological polar surface area (TPSA) is 41.6 Å². The highest BCUT2D eigenvalue weighted by atomic mass is 79.9. The van der Waals surface area contributed by atoms with Crippen molar-refractivity contribution in [3.8, 4) is 5.75 Å². The monoisotopic (exact) mass is 556 g/mol. The van der Waals surface area contributed by atoms with E-state index in [-0.39, 0.29) is 18.3 Å². The van der Waals surface area contributed by atoms with E-state index in [1.165, 1.54) is 0 Å². The lowest BCUT2D eigenvalue weighted by atomic mass is 9.86. The van der Waals surface area contributed by atoms with E-state index in [4.69, 9.17) is 4.74 Å². The van der Waals surface area contributed by atoms with Crippen LogP contribution in [0.1, 0.15) is 73.3 Å². The van der Waals surface area contributed by atoms with E-state index < -0.39 is 5.92 Å². The second-order valence-corrected chi connectivity index (χ2v) is 10.7. The van der Waals surface area contributed by atoms with Gasteiger partial charge in [-0.2, -0.15) is 0 Å². The zero-order valence-electron chi connectivity index (χ0n) is 21.2. The zero-order chi connectivity index (χ0) is 24.6. The van der Waals surface area contributed by atoms with Crippen LogP contribution in [0.4, 0.5) is 11.4 Å². The number of nitrogens with zero attached hydrogens (tertiary/aromatic N) is 1. The first-order valence-corrected chi connectivity index (χ1v) is 12.6. The summed E-state index contributed by atoms with van der Waals surface area (Å²) in [5, 5.41) is 3.37. The number of carbonyl (C=O) groups is 1. The van der Waals surface area contributed by atoms with Crippen molar-refractivity contribution in [3.05, 3.63) is 86.9 Å². The molecule has 1 N–H and O–H groups in total. The number of anilines is 2. The Morgan fingerprint density at radius 3 is 2.20 bits per heavy atom. The molecule has 186 valence electrons. The first-order valence-electron chi connectivity index (χ1n) is 11.8. The van der Waals surface area contributed by atoms with Crippen molar-refractivity contribution in [1.29, 1.82) is 0 Å². The van der Waals surface area contributed by atoms with E-state index in [0.29, 0.717) is 18.4 Å². The van der Waals surface area contributed by atoms with E-state index in [1.807, 2.05) is 55.4 Å². The molecular weight excluding hydrogens is 524 g/mol. The van der Waals surface area contributed by atoms with Crippen molar-refractivity contribution < 1.29 is 9.53 Å². The van der Waals surface area contributed by atoms with Crippen LogP contribution in [0.5, 0.6) is 5.75 Å². The molecule has 1 heterocycles. The number of carbonyl (C=O) groups excluding carboxylic acids is 1.